The highest BCUT2D eigenvalue weighted by atomic mass is 35.5. The number of nitro benzene ring substituents is 1. The number of nitrogens with zero attached hydrogens (tertiary/aromatic N) is 1. The van der Waals surface area contributed by atoms with Gasteiger partial charge in [-0.15, -0.1) is 0 Å². The fourth-order valence-electron chi connectivity index (χ4n) is 1.82. The second-order valence-corrected chi connectivity index (χ2v) is 4.65. The van der Waals surface area contributed by atoms with Crippen molar-refractivity contribution < 1.29 is 9.66 Å². The zero-order valence-electron chi connectivity index (χ0n) is 10.8. The van der Waals surface area contributed by atoms with Gasteiger partial charge in [-0.25, -0.2) is 0 Å². The van der Waals surface area contributed by atoms with Gasteiger partial charge in [0, 0.05) is 12.6 Å². The molecule has 0 aliphatic carbocycles. The van der Waals surface area contributed by atoms with Gasteiger partial charge in [0.2, 0.25) is 5.75 Å². The van der Waals surface area contributed by atoms with Crippen molar-refractivity contribution in [3.63, 3.8) is 0 Å². The van der Waals surface area contributed by atoms with Crippen molar-refractivity contribution in [1.29, 1.82) is 0 Å². The first-order valence-electron chi connectivity index (χ1n) is 5.93. The number of nitrogens with two attached hydrogens (primary N) is 1. The maximum absolute atomic E-state index is 11.0. The lowest BCUT2D eigenvalue weighted by atomic mass is 10.1. The topological polar surface area (TPSA) is 78.4 Å². The first-order chi connectivity index (χ1) is 9.52. The molecule has 0 spiro atoms. The number of para-hydroxylation sites is 1. The van der Waals surface area contributed by atoms with Gasteiger partial charge < -0.3 is 10.5 Å². The lowest BCUT2D eigenvalue weighted by Crippen LogP contribution is -1.99. The predicted molar refractivity (Wildman–Crippen MR) is 77.3 cm³/mol. The van der Waals surface area contributed by atoms with Crippen LogP contribution in [-0.4, -0.2) is 4.92 Å². The molecule has 5 nitrogen and oxygen atoms in total. The summed E-state index contributed by atoms with van der Waals surface area (Å²) in [5.41, 5.74) is 7.37. The van der Waals surface area contributed by atoms with Crippen molar-refractivity contribution in [3.05, 3.63) is 62.7 Å². The van der Waals surface area contributed by atoms with Gasteiger partial charge in [0.05, 0.1) is 9.95 Å². The number of aryl methyl sites for hydroxylation is 1. The van der Waals surface area contributed by atoms with Crippen molar-refractivity contribution in [3.8, 4) is 11.5 Å². The molecule has 0 heterocycles. The summed E-state index contributed by atoms with van der Waals surface area (Å²) in [5, 5.41) is 11.2. The van der Waals surface area contributed by atoms with E-state index in [0.717, 1.165) is 11.1 Å². The zero-order chi connectivity index (χ0) is 14.7. The molecule has 20 heavy (non-hydrogen) atoms. The minimum absolute atomic E-state index is 0.0408. The number of ether oxygens (including phenoxy) is 1. The maximum atomic E-state index is 11.0. The first-order valence-corrected chi connectivity index (χ1v) is 6.31. The van der Waals surface area contributed by atoms with Crippen LogP contribution in [0.4, 0.5) is 5.69 Å². The molecule has 0 atom stereocenters. The number of hydrogen-bond acceptors (Lipinski definition) is 4. The quantitative estimate of drug-likeness (QED) is 0.686. The highest BCUT2D eigenvalue weighted by Gasteiger charge is 2.19. The van der Waals surface area contributed by atoms with E-state index in [9.17, 15) is 10.1 Å². The monoisotopic (exact) mass is 292 g/mol. The van der Waals surface area contributed by atoms with E-state index in [4.69, 9.17) is 22.1 Å². The number of hydrogen-bond donors (Lipinski definition) is 1. The highest BCUT2D eigenvalue weighted by molar-refractivity contribution is 6.32. The van der Waals surface area contributed by atoms with Crippen molar-refractivity contribution in [2.24, 2.45) is 5.73 Å². The summed E-state index contributed by atoms with van der Waals surface area (Å²) in [7, 11) is 0. The van der Waals surface area contributed by atoms with Crippen molar-refractivity contribution in [2.45, 2.75) is 13.5 Å². The Morgan fingerprint density at radius 2 is 2.10 bits per heavy atom. The van der Waals surface area contributed by atoms with E-state index < -0.39 is 4.92 Å². The molecule has 104 valence electrons. The van der Waals surface area contributed by atoms with Crippen LogP contribution in [-0.2, 0) is 6.54 Å². The van der Waals surface area contributed by atoms with Gasteiger partial charge in [0.25, 0.3) is 0 Å². The van der Waals surface area contributed by atoms with E-state index in [0.29, 0.717) is 12.3 Å². The SMILES string of the molecule is Cc1cc(Oc2c(Cl)cccc2[N+](=O)[O-])ccc1CN. The van der Waals surface area contributed by atoms with Gasteiger partial charge in [-0.2, -0.15) is 0 Å². The van der Waals surface area contributed by atoms with Crippen LogP contribution in [0.25, 0.3) is 0 Å². The lowest BCUT2D eigenvalue weighted by molar-refractivity contribution is -0.385. The molecule has 2 aromatic rings. The first kappa shape index (κ1) is 14.3. The van der Waals surface area contributed by atoms with Crippen LogP contribution in [0.2, 0.25) is 5.02 Å². The van der Waals surface area contributed by atoms with Crippen LogP contribution in [0.5, 0.6) is 11.5 Å². The Morgan fingerprint density at radius 3 is 2.70 bits per heavy atom. The third-order valence-corrected chi connectivity index (χ3v) is 3.19. The number of halogens is 1. The fraction of sp³-hybridized carbons (Fsp3) is 0.143. The van der Waals surface area contributed by atoms with E-state index in [2.05, 4.69) is 0 Å². The summed E-state index contributed by atoms with van der Waals surface area (Å²) in [6.45, 7) is 2.33. The van der Waals surface area contributed by atoms with Gasteiger partial charge >= 0.3 is 5.69 Å². The van der Waals surface area contributed by atoms with E-state index in [1.807, 2.05) is 13.0 Å². The van der Waals surface area contributed by atoms with E-state index in [-0.39, 0.29) is 16.5 Å². The Bertz CT molecular complexity index is 659. The molecule has 0 radical (unpaired) electrons. The Labute approximate surface area is 121 Å². The lowest BCUT2D eigenvalue weighted by Gasteiger charge is -2.10. The molecular weight excluding hydrogens is 280 g/mol. The van der Waals surface area contributed by atoms with Gasteiger partial charge in [-0.3, -0.25) is 10.1 Å². The molecule has 0 fully saturated rings. The number of rotatable bonds is 4. The van der Waals surface area contributed by atoms with Crippen LogP contribution >= 0.6 is 11.6 Å². The Morgan fingerprint density at radius 1 is 1.35 bits per heavy atom. The molecule has 0 aliphatic heterocycles. The molecule has 0 saturated heterocycles. The van der Waals surface area contributed by atoms with Crippen LogP contribution in [0.1, 0.15) is 11.1 Å². The van der Waals surface area contributed by atoms with Gasteiger partial charge in [-0.1, -0.05) is 23.7 Å². The van der Waals surface area contributed by atoms with Gasteiger partial charge in [0.1, 0.15) is 5.75 Å². The molecule has 0 unspecified atom stereocenters. The van der Waals surface area contributed by atoms with Crippen LogP contribution in [0, 0.1) is 17.0 Å². The summed E-state index contributed by atoms with van der Waals surface area (Å²) >= 11 is 5.97. The molecule has 0 amide bonds. The second kappa shape index (κ2) is 5.90. The van der Waals surface area contributed by atoms with Crippen LogP contribution in [0.3, 0.4) is 0 Å². The van der Waals surface area contributed by atoms with E-state index in [1.165, 1.54) is 12.1 Å². The third-order valence-electron chi connectivity index (χ3n) is 2.90. The molecular formula is C14H13ClN2O3. The summed E-state index contributed by atoms with van der Waals surface area (Å²) in [4.78, 5) is 10.5. The standard InChI is InChI=1S/C14H13ClN2O3/c1-9-7-11(6-5-10(9)8-16)20-14-12(15)3-2-4-13(14)17(18)19/h2-7H,8,16H2,1H3. The van der Waals surface area contributed by atoms with Crippen molar-refractivity contribution >= 4 is 17.3 Å². The largest absolute Gasteiger partial charge is 0.449 e. The predicted octanol–water partition coefficient (Wildman–Crippen LogP) is 3.81. The average molecular weight is 293 g/mol. The van der Waals surface area contributed by atoms with Gasteiger partial charge in [-0.05, 0) is 36.2 Å². The number of benzene rings is 2. The molecule has 2 rings (SSSR count). The van der Waals surface area contributed by atoms with E-state index >= 15 is 0 Å². The van der Waals surface area contributed by atoms with Crippen LogP contribution in [0.15, 0.2) is 36.4 Å². The molecule has 0 aliphatic rings. The molecule has 0 bridgehead atoms. The molecule has 2 N–H and O–H groups in total. The molecule has 2 aromatic carbocycles. The van der Waals surface area contributed by atoms with E-state index in [1.54, 1.807) is 18.2 Å². The Balaban J connectivity index is 2.39. The Kier molecular flexibility index (Phi) is 4.22. The molecule has 0 saturated carbocycles. The van der Waals surface area contributed by atoms with Crippen LogP contribution < -0.4 is 10.5 Å². The maximum Gasteiger partial charge on any atom is 0.313 e. The fourth-order valence-corrected chi connectivity index (χ4v) is 2.03. The third kappa shape index (κ3) is 2.89. The summed E-state index contributed by atoms with van der Waals surface area (Å²) in [5.74, 6) is 0.523. The van der Waals surface area contributed by atoms with Gasteiger partial charge in [0.15, 0.2) is 0 Å². The summed E-state index contributed by atoms with van der Waals surface area (Å²) < 4.78 is 5.57. The minimum atomic E-state index is -0.525. The van der Waals surface area contributed by atoms with Crippen molar-refractivity contribution in [1.82, 2.24) is 0 Å². The zero-order valence-corrected chi connectivity index (χ0v) is 11.6. The average Bonchev–Trinajstić information content (AvgIpc) is 2.41. The normalized spacial score (nSPS) is 10.3. The van der Waals surface area contributed by atoms with Crippen molar-refractivity contribution in [2.75, 3.05) is 0 Å². The minimum Gasteiger partial charge on any atom is -0.449 e. The Hall–Kier alpha value is -2.11. The molecule has 6 heteroatoms. The molecule has 0 aromatic heterocycles. The summed E-state index contributed by atoms with van der Waals surface area (Å²) in [6.07, 6.45) is 0. The highest BCUT2D eigenvalue weighted by Crippen LogP contribution is 2.38. The summed E-state index contributed by atoms with van der Waals surface area (Å²) in [6, 6.07) is 9.72. The second-order valence-electron chi connectivity index (χ2n) is 4.24. The number of nitro groups is 1. The smallest absolute Gasteiger partial charge is 0.313 e.